The van der Waals surface area contributed by atoms with Gasteiger partial charge in [-0.2, -0.15) is 0 Å². The first-order chi connectivity index (χ1) is 9.47. The second-order valence-electron chi connectivity index (χ2n) is 6.77. The first-order valence-electron chi connectivity index (χ1n) is 7.36. The van der Waals surface area contributed by atoms with Crippen LogP contribution in [-0.4, -0.2) is 22.3 Å². The van der Waals surface area contributed by atoms with Gasteiger partial charge in [0.25, 0.3) is 0 Å². The molecule has 2 unspecified atom stereocenters. The van der Waals surface area contributed by atoms with Crippen LogP contribution < -0.4 is 0 Å². The molecular formula is C17H18O3. The van der Waals surface area contributed by atoms with E-state index >= 15 is 0 Å². The number of hydrogen-bond acceptors (Lipinski definition) is 3. The van der Waals surface area contributed by atoms with E-state index < -0.39 is 11.0 Å². The zero-order valence-electron chi connectivity index (χ0n) is 11.4. The van der Waals surface area contributed by atoms with Gasteiger partial charge in [0.1, 0.15) is 11.4 Å². The van der Waals surface area contributed by atoms with Crippen molar-refractivity contribution in [2.24, 2.45) is 17.3 Å². The van der Waals surface area contributed by atoms with E-state index in [0.29, 0.717) is 6.42 Å². The van der Waals surface area contributed by atoms with Crippen LogP contribution in [0.5, 0.6) is 0 Å². The number of fused-ring (bicyclic) bond motifs is 3. The smallest absolute Gasteiger partial charge is 0.178 e. The molecule has 4 aliphatic carbocycles. The molecule has 1 N–H and O–H groups in total. The summed E-state index contributed by atoms with van der Waals surface area (Å²) in [5.74, 6) is 0.143. The van der Waals surface area contributed by atoms with Crippen molar-refractivity contribution in [3.8, 4) is 0 Å². The molecule has 4 rings (SSSR count). The number of allylic oxidation sites excluding steroid dienone is 3. The first kappa shape index (κ1) is 12.3. The highest BCUT2D eigenvalue weighted by Crippen LogP contribution is 2.63. The standard InChI is InChI=1S/C17H18O3/c1-10-9-16-6-4-11-8-12(18)5-7-17(11,20)14(16)3-2-13(10)15(16)19/h5,7-8,13-14,20H,1-4,6,9H2/t13?,14-,16?,17-/m0/s1. The molecule has 0 aromatic heterocycles. The maximum absolute atomic E-state index is 12.8. The summed E-state index contributed by atoms with van der Waals surface area (Å²) in [6.45, 7) is 4.08. The lowest BCUT2D eigenvalue weighted by atomic mass is 9.52. The molecule has 0 aliphatic heterocycles. The van der Waals surface area contributed by atoms with Gasteiger partial charge in [0.05, 0.1) is 0 Å². The van der Waals surface area contributed by atoms with Crippen molar-refractivity contribution < 1.29 is 14.7 Å². The van der Waals surface area contributed by atoms with E-state index in [9.17, 15) is 14.7 Å². The van der Waals surface area contributed by atoms with Gasteiger partial charge in [0.15, 0.2) is 5.78 Å². The van der Waals surface area contributed by atoms with E-state index in [2.05, 4.69) is 6.58 Å². The average Bonchev–Trinajstić information content (AvgIpc) is 2.57. The lowest BCUT2D eigenvalue weighted by Gasteiger charge is -2.52. The van der Waals surface area contributed by atoms with E-state index in [1.54, 1.807) is 12.2 Å². The Bertz CT molecular complexity index is 612. The molecule has 0 amide bonds. The number of aliphatic hydroxyl groups is 1. The van der Waals surface area contributed by atoms with Crippen molar-refractivity contribution in [3.63, 3.8) is 0 Å². The highest BCUT2D eigenvalue weighted by molar-refractivity contribution is 6.02. The van der Waals surface area contributed by atoms with Gasteiger partial charge in [-0.1, -0.05) is 12.2 Å². The molecule has 2 bridgehead atoms. The van der Waals surface area contributed by atoms with Crippen LogP contribution in [0.1, 0.15) is 32.1 Å². The molecule has 0 aromatic rings. The first-order valence-corrected chi connectivity index (χ1v) is 7.36. The second kappa shape index (κ2) is 3.59. The van der Waals surface area contributed by atoms with Crippen LogP contribution in [0.4, 0.5) is 0 Å². The zero-order chi connectivity index (χ0) is 14.1. The summed E-state index contributed by atoms with van der Waals surface area (Å²) in [5, 5.41) is 11.1. The number of carbonyl (C=O) groups is 2. The van der Waals surface area contributed by atoms with Gasteiger partial charge in [-0.15, -0.1) is 0 Å². The molecule has 3 nitrogen and oxygen atoms in total. The molecule has 1 spiro atoms. The summed E-state index contributed by atoms with van der Waals surface area (Å²) in [5.41, 5.74) is 0.308. The van der Waals surface area contributed by atoms with Crippen LogP contribution in [0, 0.1) is 17.3 Å². The molecule has 3 fully saturated rings. The molecule has 0 saturated heterocycles. The number of hydrogen-bond donors (Lipinski definition) is 1. The molecule has 4 aliphatic rings. The van der Waals surface area contributed by atoms with Gasteiger partial charge < -0.3 is 5.11 Å². The summed E-state index contributed by atoms with van der Waals surface area (Å²) < 4.78 is 0. The molecule has 3 heteroatoms. The summed E-state index contributed by atoms with van der Waals surface area (Å²) >= 11 is 0. The van der Waals surface area contributed by atoms with Crippen molar-refractivity contribution in [3.05, 3.63) is 36.0 Å². The third-order valence-corrected chi connectivity index (χ3v) is 5.96. The van der Waals surface area contributed by atoms with Crippen LogP contribution in [0.15, 0.2) is 36.0 Å². The minimum atomic E-state index is -1.10. The Labute approximate surface area is 118 Å². The monoisotopic (exact) mass is 270 g/mol. The SMILES string of the molecule is C=C1CC23CCC4=CC(=O)C=C[C@@]4(O)[C@H]2CCC1C3=O. The summed E-state index contributed by atoms with van der Waals surface area (Å²) in [7, 11) is 0. The average molecular weight is 270 g/mol. The van der Waals surface area contributed by atoms with Gasteiger partial charge >= 0.3 is 0 Å². The maximum Gasteiger partial charge on any atom is 0.178 e. The van der Waals surface area contributed by atoms with Gasteiger partial charge in [0.2, 0.25) is 0 Å². The van der Waals surface area contributed by atoms with Crippen LogP contribution in [0.25, 0.3) is 0 Å². The largest absolute Gasteiger partial charge is 0.381 e. The fourth-order valence-electron chi connectivity index (χ4n) is 5.04. The predicted octanol–water partition coefficient (Wildman–Crippen LogP) is 2.12. The van der Waals surface area contributed by atoms with E-state index in [-0.39, 0.29) is 23.4 Å². The number of ketones is 2. The number of carbonyl (C=O) groups excluding carboxylic acids is 2. The number of rotatable bonds is 0. The van der Waals surface area contributed by atoms with E-state index in [1.807, 2.05) is 0 Å². The Balaban J connectivity index is 1.85. The lowest BCUT2D eigenvalue weighted by molar-refractivity contribution is -0.145. The molecule has 104 valence electrons. The van der Waals surface area contributed by atoms with Crippen LogP contribution in [-0.2, 0) is 9.59 Å². The Morgan fingerprint density at radius 3 is 2.90 bits per heavy atom. The van der Waals surface area contributed by atoms with Crippen molar-refractivity contribution in [2.75, 3.05) is 0 Å². The minimum Gasteiger partial charge on any atom is -0.381 e. The third-order valence-electron chi connectivity index (χ3n) is 5.96. The van der Waals surface area contributed by atoms with E-state index in [4.69, 9.17) is 0 Å². The van der Waals surface area contributed by atoms with Gasteiger partial charge in [0, 0.05) is 17.3 Å². The van der Waals surface area contributed by atoms with Gasteiger partial charge in [-0.3, -0.25) is 9.59 Å². The molecule has 0 radical (unpaired) electrons. The van der Waals surface area contributed by atoms with Crippen molar-refractivity contribution >= 4 is 11.6 Å². The molecule has 0 heterocycles. The quantitative estimate of drug-likeness (QED) is 0.686. The highest BCUT2D eigenvalue weighted by Gasteiger charge is 2.64. The fourth-order valence-corrected chi connectivity index (χ4v) is 5.04. The summed E-state index contributed by atoms with van der Waals surface area (Å²) in [6.07, 6.45) is 8.37. The Hall–Kier alpha value is -1.48. The van der Waals surface area contributed by atoms with Crippen LogP contribution >= 0.6 is 0 Å². The van der Waals surface area contributed by atoms with E-state index in [1.165, 1.54) is 6.08 Å². The topological polar surface area (TPSA) is 54.4 Å². The van der Waals surface area contributed by atoms with Crippen molar-refractivity contribution in [1.82, 2.24) is 0 Å². The normalized spacial score (nSPS) is 46.0. The maximum atomic E-state index is 12.8. The second-order valence-corrected chi connectivity index (χ2v) is 6.77. The fraction of sp³-hybridized carbons (Fsp3) is 0.529. The molecule has 4 atom stereocenters. The van der Waals surface area contributed by atoms with Crippen molar-refractivity contribution in [2.45, 2.75) is 37.7 Å². The van der Waals surface area contributed by atoms with Gasteiger partial charge in [-0.05, 0) is 55.9 Å². The molecule has 20 heavy (non-hydrogen) atoms. The Morgan fingerprint density at radius 2 is 2.10 bits per heavy atom. The van der Waals surface area contributed by atoms with Crippen molar-refractivity contribution in [1.29, 1.82) is 0 Å². The van der Waals surface area contributed by atoms with Crippen LogP contribution in [0.3, 0.4) is 0 Å². The van der Waals surface area contributed by atoms with E-state index in [0.717, 1.165) is 36.8 Å². The predicted molar refractivity (Wildman–Crippen MR) is 73.8 cm³/mol. The Morgan fingerprint density at radius 1 is 1.30 bits per heavy atom. The minimum absolute atomic E-state index is 0.00887. The van der Waals surface area contributed by atoms with Crippen LogP contribution in [0.2, 0.25) is 0 Å². The molecule has 0 aromatic carbocycles. The third kappa shape index (κ3) is 1.25. The summed E-state index contributed by atoms with van der Waals surface area (Å²) in [4.78, 5) is 24.3. The molecular weight excluding hydrogens is 252 g/mol. The number of Topliss-reactive ketones (excluding diaryl/α,β-unsaturated/α-hetero) is 1. The highest BCUT2D eigenvalue weighted by atomic mass is 16.3. The summed E-state index contributed by atoms with van der Waals surface area (Å²) in [6, 6.07) is 0. The van der Waals surface area contributed by atoms with Gasteiger partial charge in [-0.25, -0.2) is 0 Å². The lowest BCUT2D eigenvalue weighted by Crippen LogP contribution is -2.56. The Kier molecular flexibility index (Phi) is 2.20. The molecule has 3 saturated carbocycles. The zero-order valence-corrected chi connectivity index (χ0v) is 11.4.